The van der Waals surface area contributed by atoms with E-state index in [1.54, 1.807) is 24.3 Å². The fourth-order valence-electron chi connectivity index (χ4n) is 3.92. The number of nitrogens with one attached hydrogen (secondary N) is 1. The topological polar surface area (TPSA) is 118 Å². The van der Waals surface area contributed by atoms with Crippen LogP contribution in [0.5, 0.6) is 0 Å². The van der Waals surface area contributed by atoms with Crippen molar-refractivity contribution in [2.75, 3.05) is 18.0 Å². The number of anilines is 1. The summed E-state index contributed by atoms with van der Waals surface area (Å²) in [6, 6.07) is 9.02. The summed E-state index contributed by atoms with van der Waals surface area (Å²) in [5, 5.41) is 12.4. The first kappa shape index (κ1) is 21.8. The van der Waals surface area contributed by atoms with E-state index in [1.807, 2.05) is 4.90 Å². The van der Waals surface area contributed by atoms with Gasteiger partial charge in [0.25, 0.3) is 11.2 Å². The normalized spacial score (nSPS) is 16.2. The number of nitrogens with zero attached hydrogens (tertiary/aromatic N) is 3. The number of piperidine rings is 1. The van der Waals surface area contributed by atoms with Crippen LogP contribution in [0.1, 0.15) is 35.9 Å². The maximum Gasteiger partial charge on any atom is 0.338 e. The molecule has 0 saturated carbocycles. The van der Waals surface area contributed by atoms with Crippen LogP contribution in [0, 0.1) is 16.0 Å². The number of halogens is 1. The SMILES string of the molecule is CC1CCCN(c2ccc(C(=O)OCc3nc4cc(Cl)ccc4c(=O)[nH]3)cc2[N+](=O)[O-])C1. The van der Waals surface area contributed by atoms with Gasteiger partial charge in [-0.1, -0.05) is 18.5 Å². The minimum Gasteiger partial charge on any atom is -0.454 e. The molecule has 0 bridgehead atoms. The monoisotopic (exact) mass is 456 g/mol. The van der Waals surface area contributed by atoms with Crippen LogP contribution in [0.25, 0.3) is 10.9 Å². The number of benzene rings is 2. The number of aromatic nitrogens is 2. The maximum atomic E-state index is 12.5. The summed E-state index contributed by atoms with van der Waals surface area (Å²) in [5.41, 5.74) is 0.407. The van der Waals surface area contributed by atoms with E-state index in [9.17, 15) is 19.7 Å². The fourth-order valence-corrected chi connectivity index (χ4v) is 4.09. The Balaban J connectivity index is 1.53. The number of aromatic amines is 1. The van der Waals surface area contributed by atoms with E-state index in [1.165, 1.54) is 12.1 Å². The van der Waals surface area contributed by atoms with Crippen molar-refractivity contribution in [2.24, 2.45) is 5.92 Å². The highest BCUT2D eigenvalue weighted by Crippen LogP contribution is 2.32. The average Bonchev–Trinajstić information content (AvgIpc) is 2.76. The molecule has 0 amide bonds. The number of nitro benzene ring substituents is 1. The molecule has 9 nitrogen and oxygen atoms in total. The molecular formula is C22H21ClN4O5. The number of rotatable bonds is 5. The van der Waals surface area contributed by atoms with E-state index in [-0.39, 0.29) is 29.2 Å². The van der Waals surface area contributed by atoms with Gasteiger partial charge in [-0.2, -0.15) is 0 Å². The molecule has 1 fully saturated rings. The molecule has 10 heteroatoms. The molecule has 3 aromatic rings. The zero-order valence-corrected chi connectivity index (χ0v) is 18.1. The number of carbonyl (C=O) groups is 1. The van der Waals surface area contributed by atoms with Gasteiger partial charge in [-0.15, -0.1) is 0 Å². The molecule has 1 atom stereocenters. The Labute approximate surface area is 188 Å². The minimum absolute atomic E-state index is 0.0525. The summed E-state index contributed by atoms with van der Waals surface area (Å²) >= 11 is 5.95. The summed E-state index contributed by atoms with van der Waals surface area (Å²) in [6.07, 6.45) is 2.05. The zero-order chi connectivity index (χ0) is 22.8. The fraction of sp³-hybridized carbons (Fsp3) is 0.318. The van der Waals surface area contributed by atoms with Gasteiger partial charge in [0.05, 0.1) is 21.4 Å². The third-order valence-electron chi connectivity index (χ3n) is 5.46. The van der Waals surface area contributed by atoms with Crippen molar-refractivity contribution in [1.82, 2.24) is 9.97 Å². The molecule has 1 unspecified atom stereocenters. The highest BCUT2D eigenvalue weighted by Gasteiger charge is 2.25. The first-order valence-electron chi connectivity index (χ1n) is 10.2. The number of esters is 1. The second kappa shape index (κ2) is 8.96. The predicted octanol–water partition coefficient (Wildman–Crippen LogP) is 4.08. The first-order chi connectivity index (χ1) is 15.3. The lowest BCUT2D eigenvalue weighted by Gasteiger charge is -2.32. The highest BCUT2D eigenvalue weighted by molar-refractivity contribution is 6.31. The number of fused-ring (bicyclic) bond motifs is 1. The van der Waals surface area contributed by atoms with E-state index in [0.29, 0.717) is 27.5 Å². The molecule has 0 spiro atoms. The molecule has 1 aromatic heterocycles. The predicted molar refractivity (Wildman–Crippen MR) is 120 cm³/mol. The molecule has 1 aliphatic rings. The molecule has 166 valence electrons. The summed E-state index contributed by atoms with van der Waals surface area (Å²) < 4.78 is 5.24. The Hall–Kier alpha value is -3.46. The van der Waals surface area contributed by atoms with Crippen molar-refractivity contribution >= 4 is 39.8 Å². The van der Waals surface area contributed by atoms with Gasteiger partial charge in [-0.3, -0.25) is 14.9 Å². The van der Waals surface area contributed by atoms with Crippen molar-refractivity contribution in [3.05, 3.63) is 73.3 Å². The van der Waals surface area contributed by atoms with Gasteiger partial charge in [0.2, 0.25) is 0 Å². The highest BCUT2D eigenvalue weighted by atomic mass is 35.5. The van der Waals surface area contributed by atoms with Gasteiger partial charge in [-0.25, -0.2) is 9.78 Å². The molecule has 2 aromatic carbocycles. The van der Waals surface area contributed by atoms with Crippen molar-refractivity contribution in [3.63, 3.8) is 0 Å². The minimum atomic E-state index is -0.750. The van der Waals surface area contributed by atoms with Crippen molar-refractivity contribution in [2.45, 2.75) is 26.4 Å². The maximum absolute atomic E-state index is 12.5. The van der Waals surface area contributed by atoms with E-state index in [0.717, 1.165) is 25.9 Å². The Morgan fingerprint density at radius 2 is 2.16 bits per heavy atom. The number of hydrogen-bond acceptors (Lipinski definition) is 7. The quantitative estimate of drug-likeness (QED) is 0.349. The average molecular weight is 457 g/mol. The van der Waals surface area contributed by atoms with Crippen molar-refractivity contribution < 1.29 is 14.5 Å². The lowest BCUT2D eigenvalue weighted by Crippen LogP contribution is -2.34. The van der Waals surface area contributed by atoms with Crippen LogP contribution < -0.4 is 10.5 Å². The van der Waals surface area contributed by atoms with Crippen molar-refractivity contribution in [3.8, 4) is 0 Å². The summed E-state index contributed by atoms with van der Waals surface area (Å²) in [7, 11) is 0. The van der Waals surface area contributed by atoms with Gasteiger partial charge in [0.15, 0.2) is 0 Å². The lowest BCUT2D eigenvalue weighted by molar-refractivity contribution is -0.384. The van der Waals surface area contributed by atoms with E-state index >= 15 is 0 Å². The second-order valence-corrected chi connectivity index (χ2v) is 8.34. The van der Waals surface area contributed by atoms with Gasteiger partial charge in [0.1, 0.15) is 18.1 Å². The van der Waals surface area contributed by atoms with Gasteiger partial charge < -0.3 is 14.6 Å². The van der Waals surface area contributed by atoms with Crippen LogP contribution >= 0.6 is 11.6 Å². The first-order valence-corrected chi connectivity index (χ1v) is 10.6. The summed E-state index contributed by atoms with van der Waals surface area (Å²) in [4.78, 5) is 44.7. The third kappa shape index (κ3) is 4.57. The number of ether oxygens (including phenoxy) is 1. The van der Waals surface area contributed by atoms with E-state index in [4.69, 9.17) is 16.3 Å². The molecule has 32 heavy (non-hydrogen) atoms. The van der Waals surface area contributed by atoms with Crippen LogP contribution in [0.4, 0.5) is 11.4 Å². The molecule has 0 aliphatic carbocycles. The number of hydrogen-bond donors (Lipinski definition) is 1. The summed E-state index contributed by atoms with van der Waals surface area (Å²) in [5.74, 6) is -0.161. The number of nitro groups is 1. The second-order valence-electron chi connectivity index (χ2n) is 7.90. The van der Waals surface area contributed by atoms with Crippen LogP contribution in [-0.4, -0.2) is 34.0 Å². The van der Waals surface area contributed by atoms with Gasteiger partial charge in [0, 0.05) is 24.2 Å². The largest absolute Gasteiger partial charge is 0.454 e. The number of carbonyl (C=O) groups excluding carboxylic acids is 1. The molecule has 2 heterocycles. The van der Waals surface area contributed by atoms with Crippen LogP contribution in [0.2, 0.25) is 5.02 Å². The van der Waals surface area contributed by atoms with Gasteiger partial charge >= 0.3 is 5.97 Å². The molecule has 1 aliphatic heterocycles. The Morgan fingerprint density at radius 3 is 2.91 bits per heavy atom. The summed E-state index contributed by atoms with van der Waals surface area (Å²) in [6.45, 7) is 3.29. The zero-order valence-electron chi connectivity index (χ0n) is 17.3. The Morgan fingerprint density at radius 1 is 1.34 bits per heavy atom. The molecular weight excluding hydrogens is 436 g/mol. The molecule has 4 rings (SSSR count). The Kier molecular flexibility index (Phi) is 6.09. The molecule has 1 N–H and O–H groups in total. The third-order valence-corrected chi connectivity index (χ3v) is 5.70. The number of H-pyrrole nitrogens is 1. The van der Waals surface area contributed by atoms with E-state index < -0.39 is 10.9 Å². The standard InChI is InChI=1S/C22H21ClN4O5/c1-13-3-2-8-26(11-13)18-7-4-14(9-19(18)27(30)31)22(29)32-12-20-24-17-10-15(23)5-6-16(17)21(28)25-20/h4-7,9-10,13H,2-3,8,11-12H2,1H3,(H,24,25,28). The lowest BCUT2D eigenvalue weighted by atomic mass is 9.99. The molecule has 0 radical (unpaired) electrons. The van der Waals surface area contributed by atoms with Crippen molar-refractivity contribution in [1.29, 1.82) is 0 Å². The molecule has 1 saturated heterocycles. The van der Waals surface area contributed by atoms with E-state index in [2.05, 4.69) is 16.9 Å². The van der Waals surface area contributed by atoms with Crippen LogP contribution in [0.3, 0.4) is 0 Å². The smallest absolute Gasteiger partial charge is 0.338 e. The van der Waals surface area contributed by atoms with Crippen LogP contribution in [-0.2, 0) is 11.3 Å². The van der Waals surface area contributed by atoms with Gasteiger partial charge in [-0.05, 0) is 49.1 Å². The van der Waals surface area contributed by atoms with Crippen LogP contribution in [0.15, 0.2) is 41.2 Å². The Bertz CT molecular complexity index is 1260.